The number of thioether (sulfide) groups is 1. The van der Waals surface area contributed by atoms with Crippen molar-refractivity contribution in [3.8, 4) is 5.75 Å². The van der Waals surface area contributed by atoms with E-state index in [4.69, 9.17) is 4.74 Å². The van der Waals surface area contributed by atoms with Crippen LogP contribution in [0.15, 0.2) is 29.2 Å². The van der Waals surface area contributed by atoms with Crippen molar-refractivity contribution in [2.75, 3.05) is 18.9 Å². The van der Waals surface area contributed by atoms with Crippen molar-refractivity contribution in [3.63, 3.8) is 0 Å². The fourth-order valence-electron chi connectivity index (χ4n) is 2.85. The molecule has 1 heterocycles. The average molecular weight is 386 g/mol. The molecule has 0 bridgehead atoms. The van der Waals surface area contributed by atoms with Crippen LogP contribution >= 0.6 is 11.8 Å². The number of rotatable bonds is 8. The highest BCUT2D eigenvalue weighted by atomic mass is 32.2. The van der Waals surface area contributed by atoms with E-state index in [2.05, 4.69) is 6.92 Å². The van der Waals surface area contributed by atoms with E-state index in [-0.39, 0.29) is 16.1 Å². The van der Waals surface area contributed by atoms with Crippen LogP contribution in [0, 0.1) is 0 Å². The highest BCUT2D eigenvalue weighted by Crippen LogP contribution is 2.28. The second kappa shape index (κ2) is 9.59. The van der Waals surface area contributed by atoms with Crippen molar-refractivity contribution in [3.05, 3.63) is 24.3 Å². The van der Waals surface area contributed by atoms with Gasteiger partial charge in [0, 0.05) is 25.3 Å². The van der Waals surface area contributed by atoms with Crippen molar-refractivity contribution in [2.24, 2.45) is 0 Å². The molecule has 1 fully saturated rings. The zero-order valence-corrected chi connectivity index (χ0v) is 16.6. The van der Waals surface area contributed by atoms with Gasteiger partial charge in [-0.15, -0.1) is 0 Å². The standard InChI is InChI=1S/C18H27NO4S2/c1-3-4-13-23-17-8-10-18(11-9-17)25(21,22)19-12-6-5-7-16(19)14-24-15(2)20/h8-11,16H,3-7,12-14H2,1-2H3. The maximum absolute atomic E-state index is 13.0. The van der Waals surface area contributed by atoms with Crippen LogP contribution in [0.3, 0.4) is 0 Å². The highest BCUT2D eigenvalue weighted by molar-refractivity contribution is 8.13. The lowest BCUT2D eigenvalue weighted by Gasteiger charge is -2.34. The Labute approximate surface area is 155 Å². The van der Waals surface area contributed by atoms with Gasteiger partial charge in [0.1, 0.15) is 5.75 Å². The number of carbonyl (C=O) groups is 1. The Morgan fingerprint density at radius 1 is 1.28 bits per heavy atom. The summed E-state index contributed by atoms with van der Waals surface area (Å²) in [5, 5.41) is 0.0245. The zero-order chi connectivity index (χ0) is 18.3. The summed E-state index contributed by atoms with van der Waals surface area (Å²) < 4.78 is 33.2. The summed E-state index contributed by atoms with van der Waals surface area (Å²) >= 11 is 1.20. The first-order valence-corrected chi connectivity index (χ1v) is 11.3. The Kier molecular flexibility index (Phi) is 7.78. The predicted octanol–water partition coefficient (Wildman–Crippen LogP) is 3.69. The fourth-order valence-corrected chi connectivity index (χ4v) is 5.41. The third-order valence-electron chi connectivity index (χ3n) is 4.25. The number of hydrogen-bond donors (Lipinski definition) is 0. The maximum atomic E-state index is 13.0. The molecule has 140 valence electrons. The summed E-state index contributed by atoms with van der Waals surface area (Å²) in [5.41, 5.74) is 0. The van der Waals surface area contributed by atoms with Crippen molar-refractivity contribution in [1.82, 2.24) is 4.31 Å². The van der Waals surface area contributed by atoms with Crippen LogP contribution in [-0.4, -0.2) is 42.8 Å². The summed E-state index contributed by atoms with van der Waals surface area (Å²) in [6.07, 6.45) is 4.69. The van der Waals surface area contributed by atoms with Crippen LogP contribution in [0.4, 0.5) is 0 Å². The minimum atomic E-state index is -3.55. The van der Waals surface area contributed by atoms with Gasteiger partial charge in [0.15, 0.2) is 5.12 Å². The molecule has 0 aliphatic carbocycles. The molecular weight excluding hydrogens is 358 g/mol. The predicted molar refractivity (Wildman–Crippen MR) is 102 cm³/mol. The lowest BCUT2D eigenvalue weighted by Crippen LogP contribution is -2.45. The minimum Gasteiger partial charge on any atom is -0.494 e. The Morgan fingerprint density at radius 2 is 2.00 bits per heavy atom. The van der Waals surface area contributed by atoms with Gasteiger partial charge >= 0.3 is 0 Å². The molecule has 1 saturated heterocycles. The molecular formula is C18H27NO4S2. The van der Waals surface area contributed by atoms with E-state index in [0.717, 1.165) is 32.1 Å². The smallest absolute Gasteiger partial charge is 0.243 e. The summed E-state index contributed by atoms with van der Waals surface area (Å²) in [6, 6.07) is 6.53. The lowest BCUT2D eigenvalue weighted by atomic mass is 10.1. The van der Waals surface area contributed by atoms with Crippen LogP contribution in [0.25, 0.3) is 0 Å². The summed E-state index contributed by atoms with van der Waals surface area (Å²) in [5.74, 6) is 1.21. The van der Waals surface area contributed by atoms with Gasteiger partial charge in [-0.1, -0.05) is 31.5 Å². The molecule has 5 nitrogen and oxygen atoms in total. The number of hydrogen-bond acceptors (Lipinski definition) is 5. The van der Waals surface area contributed by atoms with Crippen LogP contribution in [0.2, 0.25) is 0 Å². The van der Waals surface area contributed by atoms with Crippen LogP contribution in [0.1, 0.15) is 46.0 Å². The number of carbonyl (C=O) groups excluding carboxylic acids is 1. The first kappa shape index (κ1) is 20.3. The van der Waals surface area contributed by atoms with Gasteiger partial charge in [0.05, 0.1) is 11.5 Å². The quantitative estimate of drug-likeness (QED) is 0.639. The molecule has 1 aromatic rings. The van der Waals surface area contributed by atoms with Gasteiger partial charge in [-0.2, -0.15) is 4.31 Å². The number of sulfonamides is 1. The molecule has 0 N–H and O–H groups in total. The molecule has 2 rings (SSSR count). The monoisotopic (exact) mass is 385 g/mol. The number of benzene rings is 1. The first-order chi connectivity index (χ1) is 11.9. The molecule has 7 heteroatoms. The molecule has 1 aromatic carbocycles. The Hall–Kier alpha value is -1.05. The molecule has 0 radical (unpaired) electrons. The number of nitrogens with zero attached hydrogens (tertiary/aromatic N) is 1. The van der Waals surface area contributed by atoms with Gasteiger partial charge < -0.3 is 4.74 Å². The third kappa shape index (κ3) is 5.72. The molecule has 1 aliphatic rings. The van der Waals surface area contributed by atoms with Crippen LogP contribution in [0.5, 0.6) is 5.75 Å². The zero-order valence-electron chi connectivity index (χ0n) is 14.9. The van der Waals surface area contributed by atoms with E-state index < -0.39 is 10.0 Å². The second-order valence-electron chi connectivity index (χ2n) is 6.24. The minimum absolute atomic E-state index is 0.0245. The molecule has 1 aliphatic heterocycles. The number of ether oxygens (including phenoxy) is 1. The Bertz CT molecular complexity index is 658. The van der Waals surface area contributed by atoms with Gasteiger partial charge in [-0.25, -0.2) is 8.42 Å². The average Bonchev–Trinajstić information content (AvgIpc) is 2.61. The lowest BCUT2D eigenvalue weighted by molar-refractivity contribution is -0.109. The Balaban J connectivity index is 2.10. The largest absolute Gasteiger partial charge is 0.494 e. The van der Waals surface area contributed by atoms with Crippen molar-refractivity contribution in [1.29, 1.82) is 0 Å². The second-order valence-corrected chi connectivity index (χ2v) is 9.33. The Morgan fingerprint density at radius 3 is 2.64 bits per heavy atom. The van der Waals surface area contributed by atoms with E-state index in [9.17, 15) is 13.2 Å². The fraction of sp³-hybridized carbons (Fsp3) is 0.611. The van der Waals surface area contributed by atoms with Crippen LogP contribution < -0.4 is 4.74 Å². The molecule has 1 unspecified atom stereocenters. The van der Waals surface area contributed by atoms with E-state index in [1.165, 1.54) is 18.7 Å². The third-order valence-corrected chi connectivity index (χ3v) is 7.17. The van der Waals surface area contributed by atoms with Crippen molar-refractivity contribution >= 4 is 26.9 Å². The molecule has 25 heavy (non-hydrogen) atoms. The van der Waals surface area contributed by atoms with E-state index in [1.807, 2.05) is 0 Å². The van der Waals surface area contributed by atoms with Gasteiger partial charge in [0.2, 0.25) is 10.0 Å². The molecule has 1 atom stereocenters. The first-order valence-electron chi connectivity index (χ1n) is 8.83. The van der Waals surface area contributed by atoms with Gasteiger partial charge in [-0.3, -0.25) is 4.79 Å². The van der Waals surface area contributed by atoms with Crippen molar-refractivity contribution < 1.29 is 17.9 Å². The van der Waals surface area contributed by atoms with E-state index >= 15 is 0 Å². The summed E-state index contributed by atoms with van der Waals surface area (Å²) in [6.45, 7) is 4.77. The van der Waals surface area contributed by atoms with Gasteiger partial charge in [0.25, 0.3) is 0 Å². The maximum Gasteiger partial charge on any atom is 0.243 e. The normalized spacial score (nSPS) is 18.9. The SMILES string of the molecule is CCCCOc1ccc(S(=O)(=O)N2CCCCC2CSC(C)=O)cc1. The number of unbranched alkanes of at least 4 members (excludes halogenated alkanes) is 1. The van der Waals surface area contributed by atoms with Gasteiger partial charge in [-0.05, 0) is 43.5 Å². The van der Waals surface area contributed by atoms with E-state index in [0.29, 0.717) is 24.7 Å². The van der Waals surface area contributed by atoms with E-state index in [1.54, 1.807) is 28.6 Å². The topological polar surface area (TPSA) is 63.7 Å². The van der Waals surface area contributed by atoms with Crippen molar-refractivity contribution in [2.45, 2.75) is 56.9 Å². The summed E-state index contributed by atoms with van der Waals surface area (Å²) in [4.78, 5) is 11.5. The highest BCUT2D eigenvalue weighted by Gasteiger charge is 2.33. The molecule has 0 spiro atoms. The summed E-state index contributed by atoms with van der Waals surface area (Å²) in [7, 11) is -3.55. The molecule has 0 saturated carbocycles. The molecule has 0 aromatic heterocycles. The van der Waals surface area contributed by atoms with Crippen LogP contribution in [-0.2, 0) is 14.8 Å². The number of piperidine rings is 1. The molecule has 0 amide bonds.